The summed E-state index contributed by atoms with van der Waals surface area (Å²) in [5, 5.41) is 1.99. The first-order valence-electron chi connectivity index (χ1n) is 7.68. The van der Waals surface area contributed by atoms with Gasteiger partial charge in [0, 0.05) is 36.7 Å². The highest BCUT2D eigenvalue weighted by Gasteiger charge is 2.22. The second-order valence-electron chi connectivity index (χ2n) is 5.75. The van der Waals surface area contributed by atoms with Gasteiger partial charge in [-0.25, -0.2) is 4.98 Å². The summed E-state index contributed by atoms with van der Waals surface area (Å²) in [6.07, 6.45) is 2.59. The molecule has 0 amide bonds. The Morgan fingerprint density at radius 3 is 3.00 bits per heavy atom. The van der Waals surface area contributed by atoms with Gasteiger partial charge in [0.1, 0.15) is 0 Å². The fraction of sp³-hybridized carbons (Fsp3) is 0.235. The van der Waals surface area contributed by atoms with Crippen LogP contribution in [0.2, 0.25) is 0 Å². The minimum Gasteiger partial charge on any atom is -0.306 e. The summed E-state index contributed by atoms with van der Waals surface area (Å²) in [6, 6.07) is 7.93. The molecule has 7 heteroatoms. The summed E-state index contributed by atoms with van der Waals surface area (Å²) in [7, 11) is 0. The lowest BCUT2D eigenvalue weighted by molar-refractivity contribution is 0.239. The van der Waals surface area contributed by atoms with Gasteiger partial charge >= 0.3 is 0 Å². The summed E-state index contributed by atoms with van der Waals surface area (Å²) >= 11 is 4.98. The van der Waals surface area contributed by atoms with Gasteiger partial charge in [-0.3, -0.25) is 14.7 Å². The first kappa shape index (κ1) is 15.7. The molecular formula is C17H15BrN4OS. The van der Waals surface area contributed by atoms with Gasteiger partial charge in [-0.1, -0.05) is 6.07 Å². The first-order valence-corrected chi connectivity index (χ1v) is 9.35. The van der Waals surface area contributed by atoms with Crippen molar-refractivity contribution in [2.45, 2.75) is 19.5 Å². The van der Waals surface area contributed by atoms with Gasteiger partial charge in [-0.05, 0) is 39.5 Å². The first-order chi connectivity index (χ1) is 11.7. The number of halogens is 1. The van der Waals surface area contributed by atoms with Gasteiger partial charge < -0.3 is 4.98 Å². The Morgan fingerprint density at radius 1 is 1.33 bits per heavy atom. The van der Waals surface area contributed by atoms with Crippen LogP contribution < -0.4 is 5.56 Å². The number of pyridine rings is 1. The lowest BCUT2D eigenvalue weighted by atomic mass is 10.1. The summed E-state index contributed by atoms with van der Waals surface area (Å²) < 4.78 is 0.969. The largest absolute Gasteiger partial charge is 0.306 e. The van der Waals surface area contributed by atoms with E-state index in [4.69, 9.17) is 0 Å². The Labute approximate surface area is 151 Å². The molecule has 0 saturated heterocycles. The van der Waals surface area contributed by atoms with Gasteiger partial charge in [0.2, 0.25) is 0 Å². The van der Waals surface area contributed by atoms with Crippen molar-refractivity contribution in [3.8, 4) is 10.7 Å². The summed E-state index contributed by atoms with van der Waals surface area (Å²) in [5.41, 5.74) is 2.67. The Morgan fingerprint density at radius 2 is 2.25 bits per heavy atom. The molecule has 3 aromatic rings. The highest BCUT2D eigenvalue weighted by molar-refractivity contribution is 9.10. The number of aromatic amines is 1. The standard InChI is InChI=1S/C17H15BrN4OS/c18-11-3-4-12(19-8-11)9-22-6-5-14-13(10-22)17(23)21-16(20-14)15-2-1-7-24-15/h1-4,7-8H,5-6,9-10H2,(H,20,21,23). The molecule has 0 spiro atoms. The van der Waals surface area contributed by atoms with Crippen LogP contribution in [0.25, 0.3) is 10.7 Å². The number of nitrogens with zero attached hydrogens (tertiary/aromatic N) is 3. The van der Waals surface area contributed by atoms with E-state index in [-0.39, 0.29) is 5.56 Å². The highest BCUT2D eigenvalue weighted by atomic mass is 79.9. The number of H-pyrrole nitrogens is 1. The minimum absolute atomic E-state index is 0.0307. The molecule has 1 aliphatic rings. The van der Waals surface area contributed by atoms with Gasteiger partial charge in [-0.15, -0.1) is 11.3 Å². The molecule has 0 fully saturated rings. The second-order valence-corrected chi connectivity index (χ2v) is 7.61. The molecular weight excluding hydrogens is 388 g/mol. The Bertz CT molecular complexity index is 905. The van der Waals surface area contributed by atoms with Crippen LogP contribution in [0.15, 0.2) is 45.1 Å². The van der Waals surface area contributed by atoms with Crippen molar-refractivity contribution >= 4 is 27.3 Å². The lowest BCUT2D eigenvalue weighted by Crippen LogP contribution is -2.35. The van der Waals surface area contributed by atoms with Gasteiger partial charge in [-0.2, -0.15) is 0 Å². The van der Waals surface area contributed by atoms with Crippen LogP contribution in [0.5, 0.6) is 0 Å². The third-order valence-corrected chi connectivity index (χ3v) is 5.42. The Balaban J connectivity index is 1.57. The van der Waals surface area contributed by atoms with E-state index >= 15 is 0 Å². The number of hydrogen-bond acceptors (Lipinski definition) is 5. The summed E-state index contributed by atoms with van der Waals surface area (Å²) in [4.78, 5) is 27.7. The van der Waals surface area contributed by atoms with E-state index < -0.39 is 0 Å². The molecule has 4 heterocycles. The van der Waals surface area contributed by atoms with Crippen molar-refractivity contribution in [2.75, 3.05) is 6.54 Å². The SMILES string of the molecule is O=c1[nH]c(-c2cccs2)nc2c1CN(Cc1ccc(Br)cn1)CC2. The number of rotatable bonds is 3. The average molecular weight is 403 g/mol. The molecule has 0 saturated carbocycles. The number of hydrogen-bond donors (Lipinski definition) is 1. The van der Waals surface area contributed by atoms with E-state index in [1.807, 2.05) is 29.6 Å². The molecule has 0 aliphatic carbocycles. The molecule has 4 rings (SSSR count). The van der Waals surface area contributed by atoms with Crippen LogP contribution in [0.4, 0.5) is 0 Å². The maximum atomic E-state index is 12.5. The van der Waals surface area contributed by atoms with E-state index in [9.17, 15) is 4.79 Å². The predicted octanol–water partition coefficient (Wildman–Crippen LogP) is 3.21. The molecule has 1 N–H and O–H groups in total. The van der Waals surface area contributed by atoms with Crippen molar-refractivity contribution < 1.29 is 0 Å². The van der Waals surface area contributed by atoms with Crippen molar-refractivity contribution in [2.24, 2.45) is 0 Å². The fourth-order valence-electron chi connectivity index (χ4n) is 2.87. The molecule has 0 aromatic carbocycles. The normalized spacial score (nSPS) is 14.5. The maximum absolute atomic E-state index is 12.5. The zero-order valence-electron chi connectivity index (χ0n) is 12.8. The molecule has 0 unspecified atom stereocenters. The van der Waals surface area contributed by atoms with Gasteiger partial charge in [0.25, 0.3) is 5.56 Å². The Kier molecular flexibility index (Phi) is 4.30. The predicted molar refractivity (Wildman–Crippen MR) is 97.9 cm³/mol. The van der Waals surface area contributed by atoms with Crippen LogP contribution >= 0.6 is 27.3 Å². The maximum Gasteiger partial charge on any atom is 0.255 e. The second kappa shape index (κ2) is 6.58. The number of thiophene rings is 1. The minimum atomic E-state index is -0.0307. The topological polar surface area (TPSA) is 61.9 Å². The number of nitrogens with one attached hydrogen (secondary N) is 1. The number of aromatic nitrogens is 3. The van der Waals surface area contributed by atoms with Crippen molar-refractivity contribution in [3.63, 3.8) is 0 Å². The zero-order chi connectivity index (χ0) is 16.5. The zero-order valence-corrected chi connectivity index (χ0v) is 15.2. The highest BCUT2D eigenvalue weighted by Crippen LogP contribution is 2.23. The molecule has 0 bridgehead atoms. The van der Waals surface area contributed by atoms with E-state index in [1.165, 1.54) is 0 Å². The Hall–Kier alpha value is -1.83. The lowest BCUT2D eigenvalue weighted by Gasteiger charge is -2.27. The fourth-order valence-corrected chi connectivity index (χ4v) is 3.78. The third-order valence-electron chi connectivity index (χ3n) is 4.08. The van der Waals surface area contributed by atoms with Crippen LogP contribution in [-0.4, -0.2) is 26.4 Å². The van der Waals surface area contributed by atoms with Crippen LogP contribution in [-0.2, 0) is 19.5 Å². The van der Waals surface area contributed by atoms with Crippen LogP contribution in [0, 0.1) is 0 Å². The summed E-state index contributed by atoms with van der Waals surface area (Å²) in [5.74, 6) is 0.678. The van der Waals surface area contributed by atoms with Gasteiger partial charge in [0.15, 0.2) is 5.82 Å². The van der Waals surface area contributed by atoms with E-state index in [0.29, 0.717) is 12.4 Å². The monoisotopic (exact) mass is 402 g/mol. The molecule has 0 radical (unpaired) electrons. The van der Waals surface area contributed by atoms with E-state index in [0.717, 1.165) is 45.8 Å². The van der Waals surface area contributed by atoms with Crippen LogP contribution in [0.3, 0.4) is 0 Å². The molecule has 1 aliphatic heterocycles. The smallest absolute Gasteiger partial charge is 0.255 e. The molecule has 0 atom stereocenters. The quantitative estimate of drug-likeness (QED) is 0.730. The van der Waals surface area contributed by atoms with Crippen molar-refractivity contribution in [3.05, 3.63) is 67.6 Å². The molecule has 5 nitrogen and oxygen atoms in total. The van der Waals surface area contributed by atoms with Crippen LogP contribution in [0.1, 0.15) is 17.0 Å². The molecule has 122 valence electrons. The van der Waals surface area contributed by atoms with Crippen molar-refractivity contribution in [1.82, 2.24) is 19.9 Å². The number of fused-ring (bicyclic) bond motifs is 1. The third kappa shape index (κ3) is 3.19. The van der Waals surface area contributed by atoms with Gasteiger partial charge in [0.05, 0.1) is 21.8 Å². The van der Waals surface area contributed by atoms with Crippen molar-refractivity contribution in [1.29, 1.82) is 0 Å². The van der Waals surface area contributed by atoms with E-state index in [2.05, 4.69) is 35.8 Å². The molecule has 24 heavy (non-hydrogen) atoms. The van der Waals surface area contributed by atoms with E-state index in [1.54, 1.807) is 17.5 Å². The average Bonchev–Trinajstić information content (AvgIpc) is 3.12. The molecule has 3 aromatic heterocycles. The summed E-state index contributed by atoms with van der Waals surface area (Å²) in [6.45, 7) is 2.23.